The summed E-state index contributed by atoms with van der Waals surface area (Å²) < 4.78 is 1.09. The molecule has 1 aromatic rings. The third-order valence-electron chi connectivity index (χ3n) is 2.35. The largest absolute Gasteiger partial charge is 0.372 e. The van der Waals surface area contributed by atoms with E-state index in [1.165, 1.54) is 11.3 Å². The molecule has 78 valence electrons. The number of nitrogens with zero attached hydrogens (tertiary/aromatic N) is 1. The summed E-state index contributed by atoms with van der Waals surface area (Å²) in [6, 6.07) is 6.67. The predicted octanol–water partition coefficient (Wildman–Crippen LogP) is 4.03. The molecule has 14 heavy (non-hydrogen) atoms. The summed E-state index contributed by atoms with van der Waals surface area (Å²) in [6.45, 7) is 4.33. The number of rotatable bonds is 3. The second-order valence-electron chi connectivity index (χ2n) is 3.61. The molecule has 1 aromatic carbocycles. The maximum atomic E-state index is 5.89. The van der Waals surface area contributed by atoms with E-state index < -0.39 is 0 Å². The van der Waals surface area contributed by atoms with E-state index in [4.69, 9.17) is 11.6 Å². The van der Waals surface area contributed by atoms with Crippen LogP contribution in [0, 0.1) is 0 Å². The smallest absolute Gasteiger partial charge is 0.0494 e. The Balaban J connectivity index is 3.10. The predicted molar refractivity (Wildman–Crippen MR) is 67.2 cm³/mol. The first-order valence-electron chi connectivity index (χ1n) is 4.63. The zero-order chi connectivity index (χ0) is 10.7. The van der Waals surface area contributed by atoms with Gasteiger partial charge in [-0.2, -0.15) is 0 Å². The number of halogens is 2. The van der Waals surface area contributed by atoms with Gasteiger partial charge in [0.2, 0.25) is 0 Å². The lowest BCUT2D eigenvalue weighted by Gasteiger charge is -2.26. The van der Waals surface area contributed by atoms with Crippen molar-refractivity contribution in [2.45, 2.75) is 25.8 Å². The van der Waals surface area contributed by atoms with Gasteiger partial charge in [-0.25, -0.2) is 0 Å². The van der Waals surface area contributed by atoms with Gasteiger partial charge in [0.15, 0.2) is 0 Å². The van der Waals surface area contributed by atoms with Crippen LogP contribution in [-0.2, 0) is 5.88 Å². The highest BCUT2D eigenvalue weighted by Gasteiger charge is 2.09. The molecule has 0 aliphatic heterocycles. The van der Waals surface area contributed by atoms with Crippen LogP contribution in [0.3, 0.4) is 0 Å². The van der Waals surface area contributed by atoms with E-state index in [1.54, 1.807) is 0 Å². The van der Waals surface area contributed by atoms with Crippen molar-refractivity contribution in [3.63, 3.8) is 0 Å². The lowest BCUT2D eigenvalue weighted by molar-refractivity contribution is 0.751. The average Bonchev–Trinajstić information content (AvgIpc) is 2.16. The third kappa shape index (κ3) is 2.64. The van der Waals surface area contributed by atoms with E-state index in [0.717, 1.165) is 4.47 Å². The maximum Gasteiger partial charge on any atom is 0.0494 e. The van der Waals surface area contributed by atoms with Crippen LogP contribution < -0.4 is 4.90 Å². The highest BCUT2D eigenvalue weighted by molar-refractivity contribution is 9.10. The van der Waals surface area contributed by atoms with Crippen LogP contribution in [0.4, 0.5) is 5.69 Å². The van der Waals surface area contributed by atoms with E-state index in [9.17, 15) is 0 Å². The zero-order valence-electron chi connectivity index (χ0n) is 8.72. The minimum absolute atomic E-state index is 0.478. The van der Waals surface area contributed by atoms with Crippen molar-refractivity contribution in [2.75, 3.05) is 11.9 Å². The second-order valence-corrected chi connectivity index (χ2v) is 4.79. The molecular weight excluding hydrogens is 261 g/mol. The fourth-order valence-corrected chi connectivity index (χ4v) is 1.83. The van der Waals surface area contributed by atoms with Crippen LogP contribution in [-0.4, -0.2) is 13.1 Å². The van der Waals surface area contributed by atoms with Gasteiger partial charge >= 0.3 is 0 Å². The van der Waals surface area contributed by atoms with Gasteiger partial charge in [0.1, 0.15) is 0 Å². The molecule has 0 aliphatic carbocycles. The summed E-state index contributed by atoms with van der Waals surface area (Å²) in [5.41, 5.74) is 2.37. The van der Waals surface area contributed by atoms with E-state index in [0.29, 0.717) is 11.9 Å². The van der Waals surface area contributed by atoms with E-state index in [-0.39, 0.29) is 0 Å². The Morgan fingerprint density at radius 1 is 1.43 bits per heavy atom. The van der Waals surface area contributed by atoms with E-state index >= 15 is 0 Å². The number of hydrogen-bond acceptors (Lipinski definition) is 1. The van der Waals surface area contributed by atoms with Crippen molar-refractivity contribution in [3.8, 4) is 0 Å². The summed E-state index contributed by atoms with van der Waals surface area (Å²) >= 11 is 9.36. The van der Waals surface area contributed by atoms with Crippen molar-refractivity contribution < 1.29 is 0 Å². The monoisotopic (exact) mass is 275 g/mol. The Bertz CT molecular complexity index is 312. The van der Waals surface area contributed by atoms with Crippen molar-refractivity contribution in [1.82, 2.24) is 0 Å². The SMILES string of the molecule is CC(C)N(C)c1cc(Br)ccc1CCl. The maximum absolute atomic E-state index is 5.89. The van der Waals surface area contributed by atoms with Gasteiger partial charge in [-0.3, -0.25) is 0 Å². The quantitative estimate of drug-likeness (QED) is 0.753. The topological polar surface area (TPSA) is 3.24 Å². The molecule has 0 saturated heterocycles. The molecule has 0 N–H and O–H groups in total. The molecule has 0 spiro atoms. The average molecular weight is 277 g/mol. The lowest BCUT2D eigenvalue weighted by atomic mass is 10.1. The molecule has 0 aromatic heterocycles. The minimum Gasteiger partial charge on any atom is -0.372 e. The van der Waals surface area contributed by atoms with Crippen LogP contribution in [0.15, 0.2) is 22.7 Å². The molecule has 1 rings (SSSR count). The molecule has 0 aliphatic rings. The molecule has 0 radical (unpaired) electrons. The Labute approximate surface area is 99.2 Å². The van der Waals surface area contributed by atoms with Gasteiger partial charge in [0, 0.05) is 29.1 Å². The highest BCUT2D eigenvalue weighted by atomic mass is 79.9. The fraction of sp³-hybridized carbons (Fsp3) is 0.455. The first-order valence-corrected chi connectivity index (χ1v) is 5.96. The van der Waals surface area contributed by atoms with Gasteiger partial charge < -0.3 is 4.90 Å². The van der Waals surface area contributed by atoms with Crippen molar-refractivity contribution >= 4 is 33.2 Å². The highest BCUT2D eigenvalue weighted by Crippen LogP contribution is 2.26. The molecule has 0 saturated carbocycles. The number of anilines is 1. The molecule has 0 bridgehead atoms. The van der Waals surface area contributed by atoms with Crippen LogP contribution >= 0.6 is 27.5 Å². The Morgan fingerprint density at radius 3 is 2.57 bits per heavy atom. The Hall–Kier alpha value is -0.210. The molecule has 0 fully saturated rings. The van der Waals surface area contributed by atoms with Crippen LogP contribution in [0.5, 0.6) is 0 Å². The standard InChI is InChI=1S/C11H15BrClN/c1-8(2)14(3)11-6-10(12)5-4-9(11)7-13/h4-6,8H,7H2,1-3H3. The molecule has 0 atom stereocenters. The van der Waals surface area contributed by atoms with Crippen molar-refractivity contribution in [3.05, 3.63) is 28.2 Å². The molecule has 0 amide bonds. The van der Waals surface area contributed by atoms with E-state index in [2.05, 4.69) is 53.9 Å². The Morgan fingerprint density at radius 2 is 2.07 bits per heavy atom. The van der Waals surface area contributed by atoms with Gasteiger partial charge in [-0.05, 0) is 31.5 Å². The zero-order valence-corrected chi connectivity index (χ0v) is 11.1. The van der Waals surface area contributed by atoms with Gasteiger partial charge in [0.05, 0.1) is 0 Å². The number of alkyl halides is 1. The van der Waals surface area contributed by atoms with Gasteiger partial charge in [0.25, 0.3) is 0 Å². The molecule has 3 heteroatoms. The summed E-state index contributed by atoms with van der Waals surface area (Å²) in [7, 11) is 2.09. The van der Waals surface area contributed by atoms with Crippen LogP contribution in [0.25, 0.3) is 0 Å². The van der Waals surface area contributed by atoms with Crippen LogP contribution in [0.2, 0.25) is 0 Å². The molecule has 1 nitrogen and oxygen atoms in total. The van der Waals surface area contributed by atoms with Crippen molar-refractivity contribution in [2.24, 2.45) is 0 Å². The minimum atomic E-state index is 0.478. The Kier molecular flexibility index (Phi) is 4.27. The van der Waals surface area contributed by atoms with E-state index in [1.807, 2.05) is 6.07 Å². The van der Waals surface area contributed by atoms with Crippen molar-refractivity contribution in [1.29, 1.82) is 0 Å². The summed E-state index contributed by atoms with van der Waals surface area (Å²) in [4.78, 5) is 2.22. The number of benzene rings is 1. The normalized spacial score (nSPS) is 10.7. The third-order valence-corrected chi connectivity index (χ3v) is 3.13. The number of hydrogen-bond donors (Lipinski definition) is 0. The van der Waals surface area contributed by atoms with Gasteiger partial charge in [-0.15, -0.1) is 11.6 Å². The molecular formula is C11H15BrClN. The summed E-state index contributed by atoms with van der Waals surface area (Å²) in [5.74, 6) is 0.555. The first-order chi connectivity index (χ1) is 6.56. The molecule has 0 unspecified atom stereocenters. The summed E-state index contributed by atoms with van der Waals surface area (Å²) in [6.07, 6.45) is 0. The lowest BCUT2D eigenvalue weighted by Crippen LogP contribution is -2.26. The summed E-state index contributed by atoms with van der Waals surface area (Å²) in [5, 5.41) is 0. The first kappa shape index (κ1) is 11.9. The van der Waals surface area contributed by atoms with Gasteiger partial charge in [-0.1, -0.05) is 22.0 Å². The fourth-order valence-electron chi connectivity index (χ4n) is 1.26. The van der Waals surface area contributed by atoms with Crippen LogP contribution in [0.1, 0.15) is 19.4 Å². The second kappa shape index (κ2) is 5.04. The molecule has 0 heterocycles.